The van der Waals surface area contributed by atoms with Crippen LogP contribution in [-0.4, -0.2) is 36.8 Å². The Morgan fingerprint density at radius 1 is 1.41 bits per heavy atom. The van der Waals surface area contributed by atoms with Gasteiger partial charge in [-0.25, -0.2) is 0 Å². The lowest BCUT2D eigenvalue weighted by molar-refractivity contribution is 0.115. The molecule has 1 aliphatic rings. The monoisotopic (exact) mass is 235 g/mol. The quantitative estimate of drug-likeness (QED) is 0.865. The van der Waals surface area contributed by atoms with Crippen molar-refractivity contribution in [3.8, 4) is 5.75 Å². The Morgan fingerprint density at radius 3 is 3.00 bits per heavy atom. The van der Waals surface area contributed by atoms with Crippen LogP contribution in [0.15, 0.2) is 24.3 Å². The van der Waals surface area contributed by atoms with Crippen LogP contribution in [0.5, 0.6) is 5.75 Å². The Morgan fingerprint density at radius 2 is 2.24 bits per heavy atom. The number of piperidine rings is 1. The van der Waals surface area contributed by atoms with Crippen LogP contribution in [0.4, 0.5) is 0 Å². The summed E-state index contributed by atoms with van der Waals surface area (Å²) < 4.78 is 5.36. The molecule has 1 N–H and O–H groups in total. The van der Waals surface area contributed by atoms with Gasteiger partial charge < -0.3 is 9.84 Å². The van der Waals surface area contributed by atoms with Crippen molar-refractivity contribution < 1.29 is 9.84 Å². The second-order valence-corrected chi connectivity index (χ2v) is 4.74. The average Bonchev–Trinajstić information content (AvgIpc) is 2.39. The molecule has 1 aliphatic heterocycles. The summed E-state index contributed by atoms with van der Waals surface area (Å²) in [4.78, 5) is 2.40. The Balaban J connectivity index is 2.00. The minimum absolute atomic E-state index is 0.308. The first-order chi connectivity index (χ1) is 8.33. The van der Waals surface area contributed by atoms with Crippen LogP contribution in [0, 0.1) is 5.92 Å². The van der Waals surface area contributed by atoms with Gasteiger partial charge in [0, 0.05) is 25.3 Å². The third kappa shape index (κ3) is 3.20. The fourth-order valence-electron chi connectivity index (χ4n) is 2.52. The molecule has 1 aromatic rings. The lowest BCUT2D eigenvalue weighted by Gasteiger charge is -2.32. The van der Waals surface area contributed by atoms with Crippen molar-refractivity contribution in [3.05, 3.63) is 29.8 Å². The van der Waals surface area contributed by atoms with Gasteiger partial charge >= 0.3 is 0 Å². The first-order valence-corrected chi connectivity index (χ1v) is 6.28. The Hall–Kier alpha value is -1.06. The van der Waals surface area contributed by atoms with Gasteiger partial charge in [-0.2, -0.15) is 0 Å². The molecular weight excluding hydrogens is 214 g/mol. The zero-order valence-corrected chi connectivity index (χ0v) is 10.4. The minimum atomic E-state index is 0.308. The first kappa shape index (κ1) is 12.4. The molecule has 0 bridgehead atoms. The summed E-state index contributed by atoms with van der Waals surface area (Å²) in [7, 11) is 1.71. The highest BCUT2D eigenvalue weighted by atomic mass is 16.5. The molecule has 0 saturated carbocycles. The molecule has 0 unspecified atom stereocenters. The molecule has 17 heavy (non-hydrogen) atoms. The smallest absolute Gasteiger partial charge is 0.123 e. The molecule has 2 rings (SSSR count). The number of methoxy groups -OCH3 is 1. The second kappa shape index (κ2) is 6.03. The number of hydrogen-bond acceptors (Lipinski definition) is 3. The van der Waals surface area contributed by atoms with Crippen LogP contribution in [0.1, 0.15) is 18.4 Å². The minimum Gasteiger partial charge on any atom is -0.496 e. The van der Waals surface area contributed by atoms with E-state index in [0.717, 1.165) is 31.8 Å². The van der Waals surface area contributed by atoms with E-state index in [0.29, 0.717) is 12.5 Å². The highest BCUT2D eigenvalue weighted by molar-refractivity contribution is 5.33. The zero-order valence-electron chi connectivity index (χ0n) is 10.4. The third-order valence-electron chi connectivity index (χ3n) is 3.45. The fraction of sp³-hybridized carbons (Fsp3) is 0.571. The summed E-state index contributed by atoms with van der Waals surface area (Å²) in [6.07, 6.45) is 2.33. The number of nitrogens with zero attached hydrogens (tertiary/aromatic N) is 1. The fourth-order valence-corrected chi connectivity index (χ4v) is 2.52. The topological polar surface area (TPSA) is 32.7 Å². The number of benzene rings is 1. The molecule has 1 heterocycles. The second-order valence-electron chi connectivity index (χ2n) is 4.74. The van der Waals surface area contributed by atoms with Crippen LogP contribution >= 0.6 is 0 Å². The number of hydrogen-bond donors (Lipinski definition) is 1. The predicted octanol–water partition coefficient (Wildman–Crippen LogP) is 1.90. The van der Waals surface area contributed by atoms with Gasteiger partial charge in [0.1, 0.15) is 5.75 Å². The van der Waals surface area contributed by atoms with Crippen LogP contribution < -0.4 is 4.74 Å². The van der Waals surface area contributed by atoms with Gasteiger partial charge in [-0.3, -0.25) is 4.90 Å². The molecule has 0 aliphatic carbocycles. The van der Waals surface area contributed by atoms with E-state index in [9.17, 15) is 5.11 Å². The summed E-state index contributed by atoms with van der Waals surface area (Å²) >= 11 is 0. The van der Waals surface area contributed by atoms with Gasteiger partial charge in [0.15, 0.2) is 0 Å². The zero-order chi connectivity index (χ0) is 12.1. The molecule has 0 radical (unpaired) electrons. The van der Waals surface area contributed by atoms with Crippen molar-refractivity contribution in [2.24, 2.45) is 5.92 Å². The average molecular weight is 235 g/mol. The molecule has 1 atom stereocenters. The van der Waals surface area contributed by atoms with Crippen molar-refractivity contribution in [2.75, 3.05) is 26.8 Å². The van der Waals surface area contributed by atoms with Gasteiger partial charge in [-0.15, -0.1) is 0 Å². The van der Waals surface area contributed by atoms with E-state index in [1.54, 1.807) is 7.11 Å². The molecule has 0 amide bonds. The van der Waals surface area contributed by atoms with E-state index in [4.69, 9.17) is 4.74 Å². The van der Waals surface area contributed by atoms with E-state index >= 15 is 0 Å². The van der Waals surface area contributed by atoms with Gasteiger partial charge in [-0.1, -0.05) is 18.2 Å². The maximum atomic E-state index is 9.22. The van der Waals surface area contributed by atoms with Crippen molar-refractivity contribution in [1.29, 1.82) is 0 Å². The van der Waals surface area contributed by atoms with E-state index in [2.05, 4.69) is 11.0 Å². The number of ether oxygens (including phenoxy) is 1. The highest BCUT2D eigenvalue weighted by Crippen LogP contribution is 2.22. The molecule has 1 saturated heterocycles. The predicted molar refractivity (Wildman–Crippen MR) is 68.1 cm³/mol. The number of likely N-dealkylation sites (tertiary alicyclic amines) is 1. The highest BCUT2D eigenvalue weighted by Gasteiger charge is 2.19. The normalized spacial score (nSPS) is 21.4. The molecule has 0 spiro atoms. The van der Waals surface area contributed by atoms with Gasteiger partial charge in [0.2, 0.25) is 0 Å². The summed E-state index contributed by atoms with van der Waals surface area (Å²) in [5, 5.41) is 9.22. The van der Waals surface area contributed by atoms with Gasteiger partial charge in [0.05, 0.1) is 7.11 Å². The maximum absolute atomic E-state index is 9.22. The first-order valence-electron chi connectivity index (χ1n) is 6.28. The summed E-state index contributed by atoms with van der Waals surface area (Å²) in [6, 6.07) is 8.16. The molecule has 0 aromatic heterocycles. The van der Waals surface area contributed by atoms with E-state index in [1.807, 2.05) is 18.2 Å². The lowest BCUT2D eigenvalue weighted by atomic mass is 9.98. The Labute approximate surface area is 103 Å². The summed E-state index contributed by atoms with van der Waals surface area (Å²) in [6.45, 7) is 3.34. The number of rotatable bonds is 4. The molecule has 3 heteroatoms. The third-order valence-corrected chi connectivity index (χ3v) is 3.45. The van der Waals surface area contributed by atoms with Crippen molar-refractivity contribution in [3.63, 3.8) is 0 Å². The Kier molecular flexibility index (Phi) is 4.40. The number of aliphatic hydroxyl groups is 1. The SMILES string of the molecule is COc1ccccc1CN1CCC[C@@H](CO)C1. The maximum Gasteiger partial charge on any atom is 0.123 e. The van der Waals surface area contributed by atoms with Crippen LogP contribution in [0.25, 0.3) is 0 Å². The van der Waals surface area contributed by atoms with Crippen LogP contribution in [-0.2, 0) is 6.54 Å². The van der Waals surface area contributed by atoms with E-state index < -0.39 is 0 Å². The summed E-state index contributed by atoms with van der Waals surface area (Å²) in [5.41, 5.74) is 1.23. The molecular formula is C14H21NO2. The molecule has 3 nitrogen and oxygen atoms in total. The number of para-hydroxylation sites is 1. The standard InChI is InChI=1S/C14H21NO2/c1-17-14-7-3-2-6-13(14)10-15-8-4-5-12(9-15)11-16/h2-3,6-7,12,16H,4-5,8-11H2,1H3/t12-/m1/s1. The largest absolute Gasteiger partial charge is 0.496 e. The molecule has 1 fully saturated rings. The Bertz CT molecular complexity index is 354. The van der Waals surface area contributed by atoms with Crippen molar-refractivity contribution >= 4 is 0 Å². The lowest BCUT2D eigenvalue weighted by Crippen LogP contribution is -2.36. The van der Waals surface area contributed by atoms with Gasteiger partial charge in [-0.05, 0) is 31.4 Å². The van der Waals surface area contributed by atoms with E-state index in [-0.39, 0.29) is 0 Å². The van der Waals surface area contributed by atoms with Crippen molar-refractivity contribution in [1.82, 2.24) is 4.90 Å². The van der Waals surface area contributed by atoms with Crippen LogP contribution in [0.3, 0.4) is 0 Å². The molecule has 94 valence electrons. The summed E-state index contributed by atoms with van der Waals surface area (Å²) in [5.74, 6) is 1.40. The van der Waals surface area contributed by atoms with E-state index in [1.165, 1.54) is 12.0 Å². The van der Waals surface area contributed by atoms with Crippen molar-refractivity contribution in [2.45, 2.75) is 19.4 Å². The number of aliphatic hydroxyl groups excluding tert-OH is 1. The molecule has 1 aromatic carbocycles. The van der Waals surface area contributed by atoms with Crippen LogP contribution in [0.2, 0.25) is 0 Å². The van der Waals surface area contributed by atoms with Gasteiger partial charge in [0.25, 0.3) is 0 Å².